The fourth-order valence-electron chi connectivity index (χ4n) is 1.62. The Morgan fingerprint density at radius 3 is 2.48 bits per heavy atom. The second-order valence-corrected chi connectivity index (χ2v) is 5.24. The molecule has 5 heteroatoms. The Bertz CT molecular complexity index is 486. The van der Waals surface area contributed by atoms with E-state index in [0.29, 0.717) is 11.3 Å². The van der Waals surface area contributed by atoms with E-state index in [2.05, 4.69) is 10.6 Å². The summed E-state index contributed by atoms with van der Waals surface area (Å²) in [7, 11) is 0. The Balaban J connectivity index is 2.75. The van der Waals surface area contributed by atoms with Gasteiger partial charge in [0.25, 0.3) is 5.91 Å². The van der Waals surface area contributed by atoms with E-state index < -0.39 is 0 Å². The fourth-order valence-corrected chi connectivity index (χ4v) is 1.62. The van der Waals surface area contributed by atoms with E-state index in [1.165, 1.54) is 0 Å². The summed E-state index contributed by atoms with van der Waals surface area (Å²) in [4.78, 5) is 24.0. The molecule has 0 heterocycles. The third-order valence-electron chi connectivity index (χ3n) is 2.98. The molecule has 2 amide bonds. The van der Waals surface area contributed by atoms with Crippen LogP contribution in [0.1, 0.15) is 44.5 Å². The molecule has 0 aliphatic carbocycles. The summed E-state index contributed by atoms with van der Waals surface area (Å²) in [5.41, 5.74) is 0.950. The summed E-state index contributed by atoms with van der Waals surface area (Å²) in [6.07, 6.45) is 0.836. The lowest BCUT2D eigenvalue weighted by atomic mass is 10.1. The number of amides is 2. The minimum atomic E-state index is -0.271. The van der Waals surface area contributed by atoms with Crippen LogP contribution in [0.4, 0.5) is 5.69 Å². The zero-order chi connectivity index (χ0) is 15.8. The van der Waals surface area contributed by atoms with E-state index in [9.17, 15) is 9.59 Å². The molecule has 1 atom stereocenters. The van der Waals surface area contributed by atoms with Crippen LogP contribution in [0.25, 0.3) is 0 Å². The van der Waals surface area contributed by atoms with Crippen LogP contribution >= 0.6 is 0 Å². The molecule has 0 saturated heterocycles. The van der Waals surface area contributed by atoms with E-state index in [-0.39, 0.29) is 30.6 Å². The number of rotatable bonds is 7. The van der Waals surface area contributed by atoms with Gasteiger partial charge in [-0.05, 0) is 39.3 Å². The second kappa shape index (κ2) is 8.42. The van der Waals surface area contributed by atoms with Crippen molar-refractivity contribution in [2.75, 3.05) is 11.9 Å². The smallest absolute Gasteiger partial charge is 0.253 e. The standard InChI is InChI=1S/C16H24N2O3/c1-5-12(4)17-16(20)13-8-6-7-9-14(13)18-15(19)10-21-11(2)3/h6-9,11-12H,5,10H2,1-4H3,(H,17,20)(H,18,19). The van der Waals surface area contributed by atoms with Crippen molar-refractivity contribution in [3.05, 3.63) is 29.8 Å². The van der Waals surface area contributed by atoms with Crippen LogP contribution in [0.5, 0.6) is 0 Å². The molecular weight excluding hydrogens is 268 g/mol. The monoisotopic (exact) mass is 292 g/mol. The highest BCUT2D eigenvalue weighted by atomic mass is 16.5. The highest BCUT2D eigenvalue weighted by Gasteiger charge is 2.14. The molecule has 21 heavy (non-hydrogen) atoms. The van der Waals surface area contributed by atoms with Crippen molar-refractivity contribution in [3.8, 4) is 0 Å². The number of carbonyl (C=O) groups is 2. The van der Waals surface area contributed by atoms with E-state index in [4.69, 9.17) is 4.74 Å². The first kappa shape index (κ1) is 17.2. The van der Waals surface area contributed by atoms with Crippen LogP contribution in [-0.4, -0.2) is 30.6 Å². The number of carbonyl (C=O) groups excluding carboxylic acids is 2. The molecule has 0 fully saturated rings. The number of benzene rings is 1. The molecule has 1 aromatic rings. The number of ether oxygens (including phenoxy) is 1. The van der Waals surface area contributed by atoms with Gasteiger partial charge in [-0.25, -0.2) is 0 Å². The molecule has 0 aromatic heterocycles. The Labute approximate surface area is 126 Å². The second-order valence-electron chi connectivity index (χ2n) is 5.24. The van der Waals surface area contributed by atoms with Crippen LogP contribution in [0.2, 0.25) is 0 Å². The molecule has 0 aliphatic rings. The molecule has 1 rings (SSSR count). The molecular formula is C16H24N2O3. The highest BCUT2D eigenvalue weighted by Crippen LogP contribution is 2.15. The van der Waals surface area contributed by atoms with Crippen molar-refractivity contribution in [1.29, 1.82) is 0 Å². The van der Waals surface area contributed by atoms with Gasteiger partial charge in [0.1, 0.15) is 6.61 Å². The minimum absolute atomic E-state index is 0.0142. The number of hydrogen-bond donors (Lipinski definition) is 2. The Kier molecular flexibility index (Phi) is 6.88. The van der Waals surface area contributed by atoms with Gasteiger partial charge in [0, 0.05) is 6.04 Å². The first-order chi connectivity index (χ1) is 9.93. The lowest BCUT2D eigenvalue weighted by molar-refractivity contribution is -0.121. The first-order valence-corrected chi connectivity index (χ1v) is 7.25. The molecule has 2 N–H and O–H groups in total. The van der Waals surface area contributed by atoms with Crippen molar-refractivity contribution in [3.63, 3.8) is 0 Å². The molecule has 1 unspecified atom stereocenters. The SMILES string of the molecule is CCC(C)NC(=O)c1ccccc1NC(=O)COC(C)C. The van der Waals surface area contributed by atoms with Gasteiger partial charge >= 0.3 is 0 Å². The number of para-hydroxylation sites is 1. The fraction of sp³-hybridized carbons (Fsp3) is 0.500. The van der Waals surface area contributed by atoms with Crippen LogP contribution in [0.3, 0.4) is 0 Å². The maximum atomic E-state index is 12.2. The summed E-state index contributed by atoms with van der Waals surface area (Å²) >= 11 is 0. The lowest BCUT2D eigenvalue weighted by Gasteiger charge is -2.15. The topological polar surface area (TPSA) is 67.4 Å². The van der Waals surface area contributed by atoms with Gasteiger partial charge in [0.05, 0.1) is 17.4 Å². The van der Waals surface area contributed by atoms with Crippen molar-refractivity contribution in [2.45, 2.75) is 46.3 Å². The summed E-state index contributed by atoms with van der Waals surface area (Å²) in [6.45, 7) is 7.64. The maximum Gasteiger partial charge on any atom is 0.253 e. The quantitative estimate of drug-likeness (QED) is 0.811. The van der Waals surface area contributed by atoms with Gasteiger partial charge in [-0.1, -0.05) is 19.1 Å². The van der Waals surface area contributed by atoms with Gasteiger partial charge in [-0.15, -0.1) is 0 Å². The summed E-state index contributed by atoms with van der Waals surface area (Å²) in [5, 5.41) is 5.60. The summed E-state index contributed by atoms with van der Waals surface area (Å²) < 4.78 is 5.25. The van der Waals surface area contributed by atoms with Crippen molar-refractivity contribution >= 4 is 17.5 Å². The minimum Gasteiger partial charge on any atom is -0.369 e. The van der Waals surface area contributed by atoms with Crippen LogP contribution in [-0.2, 0) is 9.53 Å². The number of anilines is 1. The van der Waals surface area contributed by atoms with E-state index in [0.717, 1.165) is 6.42 Å². The third-order valence-corrected chi connectivity index (χ3v) is 2.98. The normalized spacial score (nSPS) is 12.0. The Morgan fingerprint density at radius 1 is 1.19 bits per heavy atom. The highest BCUT2D eigenvalue weighted by molar-refractivity contribution is 6.04. The Morgan fingerprint density at radius 2 is 1.86 bits per heavy atom. The molecule has 0 aliphatic heterocycles. The predicted octanol–water partition coefficient (Wildman–Crippen LogP) is 2.58. The zero-order valence-corrected chi connectivity index (χ0v) is 13.1. The zero-order valence-electron chi connectivity index (χ0n) is 13.1. The molecule has 0 saturated carbocycles. The average Bonchev–Trinajstić information content (AvgIpc) is 2.45. The van der Waals surface area contributed by atoms with Crippen molar-refractivity contribution in [1.82, 2.24) is 5.32 Å². The van der Waals surface area contributed by atoms with Crippen LogP contribution in [0, 0.1) is 0 Å². The van der Waals surface area contributed by atoms with Crippen molar-refractivity contribution < 1.29 is 14.3 Å². The van der Waals surface area contributed by atoms with Gasteiger partial charge in [-0.2, -0.15) is 0 Å². The maximum absolute atomic E-state index is 12.2. The third kappa shape index (κ3) is 5.95. The molecule has 5 nitrogen and oxygen atoms in total. The number of hydrogen-bond acceptors (Lipinski definition) is 3. The van der Waals surface area contributed by atoms with Crippen molar-refractivity contribution in [2.24, 2.45) is 0 Å². The lowest BCUT2D eigenvalue weighted by Crippen LogP contribution is -2.33. The van der Waals surface area contributed by atoms with Gasteiger partial charge in [-0.3, -0.25) is 9.59 Å². The van der Waals surface area contributed by atoms with Gasteiger partial charge < -0.3 is 15.4 Å². The number of nitrogens with one attached hydrogen (secondary N) is 2. The Hall–Kier alpha value is -1.88. The van der Waals surface area contributed by atoms with E-state index in [1.54, 1.807) is 24.3 Å². The molecule has 0 radical (unpaired) electrons. The molecule has 0 spiro atoms. The van der Waals surface area contributed by atoms with Crippen LogP contribution in [0.15, 0.2) is 24.3 Å². The predicted molar refractivity (Wildman–Crippen MR) is 83.4 cm³/mol. The average molecular weight is 292 g/mol. The molecule has 116 valence electrons. The summed E-state index contributed by atoms with van der Waals surface area (Å²) in [6, 6.07) is 7.03. The van der Waals surface area contributed by atoms with E-state index in [1.807, 2.05) is 27.7 Å². The first-order valence-electron chi connectivity index (χ1n) is 7.25. The van der Waals surface area contributed by atoms with Gasteiger partial charge in [0.15, 0.2) is 0 Å². The van der Waals surface area contributed by atoms with Gasteiger partial charge in [0.2, 0.25) is 5.91 Å². The summed E-state index contributed by atoms with van der Waals surface area (Å²) in [5.74, 6) is -0.461. The van der Waals surface area contributed by atoms with E-state index >= 15 is 0 Å². The molecule has 1 aromatic carbocycles. The molecule has 0 bridgehead atoms. The van der Waals surface area contributed by atoms with Crippen LogP contribution < -0.4 is 10.6 Å². The largest absolute Gasteiger partial charge is 0.369 e.